The van der Waals surface area contributed by atoms with Gasteiger partial charge in [-0.25, -0.2) is 0 Å². The highest BCUT2D eigenvalue weighted by Crippen LogP contribution is 2.19. The van der Waals surface area contributed by atoms with Crippen LogP contribution >= 0.6 is 11.3 Å². The van der Waals surface area contributed by atoms with Gasteiger partial charge in [-0.3, -0.25) is 14.4 Å². The van der Waals surface area contributed by atoms with Gasteiger partial charge in [-0.05, 0) is 38.0 Å². The molecule has 7 heteroatoms. The zero-order chi connectivity index (χ0) is 23.3. The molecule has 0 aliphatic heterocycles. The predicted octanol–water partition coefficient (Wildman–Crippen LogP) is 4.56. The maximum atomic E-state index is 13.3. The summed E-state index contributed by atoms with van der Waals surface area (Å²) in [6, 6.07) is 14.0. The lowest BCUT2D eigenvalue weighted by Crippen LogP contribution is -2.43. The Bertz CT molecular complexity index is 866. The first kappa shape index (κ1) is 25.6. The maximum Gasteiger partial charge on any atom is 0.306 e. The smallest absolute Gasteiger partial charge is 0.306 e. The van der Waals surface area contributed by atoms with Gasteiger partial charge in [0.25, 0.3) is 0 Å². The summed E-state index contributed by atoms with van der Waals surface area (Å²) in [5, 5.41) is 0. The van der Waals surface area contributed by atoms with Crippen molar-refractivity contribution >= 4 is 29.1 Å². The molecule has 1 aromatic carbocycles. The van der Waals surface area contributed by atoms with Crippen LogP contribution in [0.25, 0.3) is 0 Å². The van der Waals surface area contributed by atoms with E-state index in [1.807, 2.05) is 50.2 Å². The number of benzene rings is 1. The van der Waals surface area contributed by atoms with Crippen molar-refractivity contribution in [3.8, 4) is 0 Å². The number of hydrogen-bond donors (Lipinski definition) is 0. The second kappa shape index (κ2) is 13.7. The molecule has 0 aliphatic carbocycles. The molecule has 0 saturated heterocycles. The molecule has 174 valence electrons. The van der Waals surface area contributed by atoms with Gasteiger partial charge < -0.3 is 14.5 Å². The molecule has 2 aromatic rings. The van der Waals surface area contributed by atoms with Crippen LogP contribution in [0, 0.1) is 6.92 Å². The van der Waals surface area contributed by atoms with Crippen LogP contribution in [-0.4, -0.2) is 47.3 Å². The third-order valence-electron chi connectivity index (χ3n) is 5.02. The van der Waals surface area contributed by atoms with Crippen molar-refractivity contribution in [2.24, 2.45) is 0 Å². The molecule has 0 aliphatic rings. The minimum Gasteiger partial charge on any atom is -0.466 e. The Balaban J connectivity index is 2.10. The van der Waals surface area contributed by atoms with Crippen molar-refractivity contribution in [3.63, 3.8) is 0 Å². The van der Waals surface area contributed by atoms with E-state index in [0.717, 1.165) is 23.3 Å². The van der Waals surface area contributed by atoms with Crippen molar-refractivity contribution in [2.75, 3.05) is 19.7 Å². The lowest BCUT2D eigenvalue weighted by molar-refractivity contribution is -0.146. The maximum absolute atomic E-state index is 13.3. The highest BCUT2D eigenvalue weighted by Gasteiger charge is 2.22. The molecule has 0 N–H and O–H groups in total. The minimum atomic E-state index is -0.388. The first-order valence-electron chi connectivity index (χ1n) is 11.2. The Morgan fingerprint density at radius 3 is 2.28 bits per heavy atom. The number of thiophene rings is 1. The second-order valence-corrected chi connectivity index (χ2v) is 9.09. The lowest BCUT2D eigenvalue weighted by atomic mass is 10.2. The molecule has 0 spiro atoms. The number of aryl methyl sites for hydroxylation is 1. The number of unbranched alkanes of at least 4 members (excludes halogenated alkanes) is 1. The molecule has 0 unspecified atom stereocenters. The van der Waals surface area contributed by atoms with E-state index in [1.165, 1.54) is 4.88 Å². The van der Waals surface area contributed by atoms with Crippen molar-refractivity contribution in [1.82, 2.24) is 9.80 Å². The van der Waals surface area contributed by atoms with Crippen LogP contribution in [0.5, 0.6) is 0 Å². The average Bonchev–Trinajstić information content (AvgIpc) is 3.19. The topological polar surface area (TPSA) is 66.9 Å². The molecule has 2 amide bonds. The van der Waals surface area contributed by atoms with Crippen LogP contribution in [-0.2, 0) is 32.2 Å². The largest absolute Gasteiger partial charge is 0.466 e. The van der Waals surface area contributed by atoms with Crippen LogP contribution in [0.15, 0.2) is 42.5 Å². The lowest BCUT2D eigenvalue weighted by Gasteiger charge is -2.28. The van der Waals surface area contributed by atoms with Crippen LogP contribution in [0.3, 0.4) is 0 Å². The molecule has 6 nitrogen and oxygen atoms in total. The SMILES string of the molecule is CCCCN(CC(=O)N(Cc1ccccc1)Cc1ccc(C)s1)C(=O)CCC(=O)OCC. The zero-order valence-electron chi connectivity index (χ0n) is 19.3. The fraction of sp³-hybridized carbons (Fsp3) is 0.480. The van der Waals surface area contributed by atoms with E-state index in [9.17, 15) is 14.4 Å². The molecule has 0 bridgehead atoms. The van der Waals surface area contributed by atoms with Gasteiger partial charge in [0, 0.05) is 29.3 Å². The van der Waals surface area contributed by atoms with Gasteiger partial charge in [0.1, 0.15) is 0 Å². The zero-order valence-corrected chi connectivity index (χ0v) is 20.2. The molecular weight excluding hydrogens is 424 g/mol. The number of carbonyl (C=O) groups is 3. The first-order chi connectivity index (χ1) is 15.4. The fourth-order valence-electron chi connectivity index (χ4n) is 3.30. The molecule has 1 aromatic heterocycles. The third-order valence-corrected chi connectivity index (χ3v) is 6.01. The Morgan fingerprint density at radius 1 is 0.906 bits per heavy atom. The molecule has 2 rings (SSSR count). The fourth-order valence-corrected chi connectivity index (χ4v) is 4.20. The van der Waals surface area contributed by atoms with E-state index < -0.39 is 0 Å². The second-order valence-electron chi connectivity index (χ2n) is 7.72. The summed E-state index contributed by atoms with van der Waals surface area (Å²) in [6.45, 7) is 7.63. The summed E-state index contributed by atoms with van der Waals surface area (Å²) in [6.07, 6.45) is 1.81. The number of esters is 1. The molecular formula is C25H34N2O4S. The number of carbonyl (C=O) groups excluding carboxylic acids is 3. The predicted molar refractivity (Wildman–Crippen MR) is 127 cm³/mol. The van der Waals surface area contributed by atoms with Crippen molar-refractivity contribution in [3.05, 3.63) is 57.8 Å². The van der Waals surface area contributed by atoms with Gasteiger partial charge in [0.15, 0.2) is 0 Å². The van der Waals surface area contributed by atoms with E-state index in [2.05, 4.69) is 6.07 Å². The number of nitrogens with zero attached hydrogens (tertiary/aromatic N) is 2. The van der Waals surface area contributed by atoms with Crippen molar-refractivity contribution in [1.29, 1.82) is 0 Å². The van der Waals surface area contributed by atoms with Crippen LogP contribution in [0.2, 0.25) is 0 Å². The van der Waals surface area contributed by atoms with E-state index in [4.69, 9.17) is 4.74 Å². The Hall–Kier alpha value is -2.67. The van der Waals surface area contributed by atoms with E-state index >= 15 is 0 Å². The summed E-state index contributed by atoms with van der Waals surface area (Å²) in [4.78, 5) is 43.5. The third kappa shape index (κ3) is 8.83. The summed E-state index contributed by atoms with van der Waals surface area (Å²) < 4.78 is 4.92. The Morgan fingerprint density at radius 2 is 1.66 bits per heavy atom. The van der Waals surface area contributed by atoms with Crippen LogP contribution in [0.4, 0.5) is 0 Å². The quantitative estimate of drug-likeness (QED) is 0.413. The highest BCUT2D eigenvalue weighted by atomic mass is 32.1. The molecule has 0 atom stereocenters. The summed E-state index contributed by atoms with van der Waals surface area (Å²) in [5.41, 5.74) is 1.04. The minimum absolute atomic E-state index is 0.0127. The first-order valence-corrected chi connectivity index (χ1v) is 12.0. The molecule has 1 heterocycles. The summed E-state index contributed by atoms with van der Waals surface area (Å²) >= 11 is 1.67. The normalized spacial score (nSPS) is 10.6. The molecule has 32 heavy (non-hydrogen) atoms. The monoisotopic (exact) mass is 458 g/mol. The van der Waals surface area contributed by atoms with Crippen molar-refractivity contribution in [2.45, 2.75) is 59.5 Å². The van der Waals surface area contributed by atoms with E-state index in [0.29, 0.717) is 26.2 Å². The highest BCUT2D eigenvalue weighted by molar-refractivity contribution is 7.11. The molecule has 0 radical (unpaired) electrons. The number of amides is 2. The van der Waals surface area contributed by atoms with Gasteiger partial charge in [-0.2, -0.15) is 0 Å². The number of rotatable bonds is 13. The van der Waals surface area contributed by atoms with Gasteiger partial charge in [0.05, 0.1) is 26.1 Å². The Kier molecular flexibility index (Phi) is 10.9. The van der Waals surface area contributed by atoms with E-state index in [1.54, 1.807) is 28.1 Å². The average molecular weight is 459 g/mol. The van der Waals surface area contributed by atoms with Gasteiger partial charge >= 0.3 is 5.97 Å². The van der Waals surface area contributed by atoms with Crippen molar-refractivity contribution < 1.29 is 19.1 Å². The van der Waals surface area contributed by atoms with Gasteiger partial charge in [-0.1, -0.05) is 43.7 Å². The summed E-state index contributed by atoms with van der Waals surface area (Å²) in [7, 11) is 0. The number of ether oxygens (including phenoxy) is 1. The van der Waals surface area contributed by atoms with Gasteiger partial charge in [0.2, 0.25) is 11.8 Å². The molecule has 0 fully saturated rings. The molecule has 0 saturated carbocycles. The van der Waals surface area contributed by atoms with Gasteiger partial charge in [-0.15, -0.1) is 11.3 Å². The Labute approximate surface area is 195 Å². The van der Waals surface area contributed by atoms with Crippen LogP contribution in [0.1, 0.15) is 54.8 Å². The summed E-state index contributed by atoms with van der Waals surface area (Å²) in [5.74, 6) is -0.673. The van der Waals surface area contributed by atoms with Crippen LogP contribution < -0.4 is 0 Å². The number of hydrogen-bond acceptors (Lipinski definition) is 5. The standard InChI is InChI=1S/C25H34N2O4S/c1-4-6-16-26(23(28)14-15-25(30)31-5-2)19-24(29)27(17-21-10-8-7-9-11-21)18-22-13-12-20(3)32-22/h7-13H,4-6,14-19H2,1-3H3. The van der Waals surface area contributed by atoms with E-state index in [-0.39, 0.29) is 37.2 Å².